The molecule has 0 bridgehead atoms. The number of hydrogen-bond donors (Lipinski definition) is 1. The second-order valence-electron chi connectivity index (χ2n) is 2.77. The Labute approximate surface area is 86.7 Å². The zero-order valence-electron chi connectivity index (χ0n) is 7.32. The van der Waals surface area contributed by atoms with E-state index in [2.05, 4.69) is 0 Å². The van der Waals surface area contributed by atoms with Crippen LogP contribution in [0, 0.1) is 6.92 Å². The number of primary sulfonamides is 1. The number of aryl methyl sites for hydroxylation is 1. The molecule has 14 heavy (non-hydrogen) atoms. The molecule has 76 valence electrons. The second-order valence-corrected chi connectivity index (χ2v) is 4.68. The van der Waals surface area contributed by atoms with Crippen LogP contribution in [-0.2, 0) is 10.0 Å². The van der Waals surface area contributed by atoms with Crippen molar-refractivity contribution < 1.29 is 13.2 Å². The maximum atomic E-state index is 11.1. The second kappa shape index (κ2) is 3.68. The van der Waals surface area contributed by atoms with Gasteiger partial charge in [0, 0.05) is 0 Å². The zero-order valence-corrected chi connectivity index (χ0v) is 8.89. The lowest BCUT2D eigenvalue weighted by atomic mass is 10.1. The van der Waals surface area contributed by atoms with E-state index in [-0.39, 0.29) is 15.5 Å². The number of benzene rings is 1. The molecular formula is C8H8ClNO3S. The third kappa shape index (κ3) is 1.95. The van der Waals surface area contributed by atoms with Gasteiger partial charge in [-0.05, 0) is 18.6 Å². The molecule has 0 atom stereocenters. The summed E-state index contributed by atoms with van der Waals surface area (Å²) in [5, 5.41) is 5.04. The van der Waals surface area contributed by atoms with Gasteiger partial charge in [-0.25, -0.2) is 13.6 Å². The van der Waals surface area contributed by atoms with E-state index in [1.807, 2.05) is 0 Å². The normalized spacial score (nSPS) is 11.4. The van der Waals surface area contributed by atoms with Gasteiger partial charge in [0.25, 0.3) is 0 Å². The molecule has 1 aromatic rings. The highest BCUT2D eigenvalue weighted by Crippen LogP contribution is 2.24. The Balaban J connectivity index is 3.71. The number of rotatable bonds is 2. The van der Waals surface area contributed by atoms with Crippen LogP contribution in [0.3, 0.4) is 0 Å². The summed E-state index contributed by atoms with van der Waals surface area (Å²) < 4.78 is 22.3. The summed E-state index contributed by atoms with van der Waals surface area (Å²) in [7, 11) is -3.91. The molecule has 0 fully saturated rings. The van der Waals surface area contributed by atoms with Crippen LogP contribution in [0.25, 0.3) is 0 Å². The molecule has 0 aromatic heterocycles. The van der Waals surface area contributed by atoms with Gasteiger partial charge in [-0.3, -0.25) is 4.79 Å². The highest BCUT2D eigenvalue weighted by Gasteiger charge is 2.18. The number of sulfonamides is 1. The summed E-state index contributed by atoms with van der Waals surface area (Å²) in [6.45, 7) is 1.54. The van der Waals surface area contributed by atoms with Gasteiger partial charge in [-0.2, -0.15) is 0 Å². The largest absolute Gasteiger partial charge is 0.298 e. The van der Waals surface area contributed by atoms with Crippen LogP contribution < -0.4 is 5.14 Å². The van der Waals surface area contributed by atoms with Crippen molar-refractivity contribution in [3.8, 4) is 0 Å². The molecule has 0 saturated heterocycles. The molecule has 0 radical (unpaired) electrons. The molecule has 6 heteroatoms. The van der Waals surface area contributed by atoms with E-state index in [1.165, 1.54) is 12.1 Å². The van der Waals surface area contributed by atoms with Crippen molar-refractivity contribution in [1.29, 1.82) is 0 Å². The Morgan fingerprint density at radius 3 is 2.36 bits per heavy atom. The topological polar surface area (TPSA) is 77.2 Å². The molecule has 4 nitrogen and oxygen atoms in total. The third-order valence-electron chi connectivity index (χ3n) is 1.74. The number of hydrogen-bond acceptors (Lipinski definition) is 3. The van der Waals surface area contributed by atoms with Crippen molar-refractivity contribution in [3.63, 3.8) is 0 Å². The monoisotopic (exact) mass is 233 g/mol. The fourth-order valence-corrected chi connectivity index (χ4v) is 2.41. The van der Waals surface area contributed by atoms with Gasteiger partial charge in [-0.15, -0.1) is 0 Å². The first-order chi connectivity index (χ1) is 6.38. The predicted molar refractivity (Wildman–Crippen MR) is 52.9 cm³/mol. The van der Waals surface area contributed by atoms with E-state index in [0.717, 1.165) is 0 Å². The van der Waals surface area contributed by atoms with E-state index in [0.29, 0.717) is 11.8 Å². The Hall–Kier alpha value is -0.910. The van der Waals surface area contributed by atoms with Gasteiger partial charge in [0.05, 0.1) is 15.5 Å². The first kappa shape index (κ1) is 11.2. The highest BCUT2D eigenvalue weighted by molar-refractivity contribution is 7.89. The number of carbonyl (C=O) groups is 1. The number of carbonyl (C=O) groups excluding carboxylic acids is 1. The van der Waals surface area contributed by atoms with Gasteiger partial charge in [0.15, 0.2) is 6.29 Å². The number of halogens is 1. The molecular weight excluding hydrogens is 226 g/mol. The Morgan fingerprint density at radius 2 is 2.00 bits per heavy atom. The summed E-state index contributed by atoms with van der Waals surface area (Å²) in [5.41, 5.74) is 0.313. The average Bonchev–Trinajstić information content (AvgIpc) is 2.06. The quantitative estimate of drug-likeness (QED) is 0.778. The van der Waals surface area contributed by atoms with Crippen molar-refractivity contribution >= 4 is 27.9 Å². The average molecular weight is 234 g/mol. The minimum atomic E-state index is -3.91. The number of nitrogens with two attached hydrogens (primary N) is 1. The first-order valence-electron chi connectivity index (χ1n) is 3.65. The molecule has 1 aromatic carbocycles. The lowest BCUT2D eigenvalue weighted by Crippen LogP contribution is -2.16. The van der Waals surface area contributed by atoms with Crippen molar-refractivity contribution in [3.05, 3.63) is 28.3 Å². The van der Waals surface area contributed by atoms with Crippen molar-refractivity contribution in [2.45, 2.75) is 11.8 Å². The maximum Gasteiger partial charge on any atom is 0.239 e. The predicted octanol–water partition coefficient (Wildman–Crippen LogP) is 1.11. The first-order valence-corrected chi connectivity index (χ1v) is 5.57. The van der Waals surface area contributed by atoms with Gasteiger partial charge in [0.2, 0.25) is 10.0 Å². The lowest BCUT2D eigenvalue weighted by Gasteiger charge is -2.07. The molecule has 0 unspecified atom stereocenters. The molecule has 0 heterocycles. The zero-order chi connectivity index (χ0) is 10.9. The molecule has 0 aliphatic rings. The molecule has 0 aliphatic carbocycles. The summed E-state index contributed by atoms with van der Waals surface area (Å²) in [6, 6.07) is 2.95. The van der Waals surface area contributed by atoms with E-state index < -0.39 is 10.0 Å². The van der Waals surface area contributed by atoms with Crippen LogP contribution >= 0.6 is 11.6 Å². The maximum absolute atomic E-state index is 11.1. The van der Waals surface area contributed by atoms with Crippen LogP contribution in [0.2, 0.25) is 5.02 Å². The van der Waals surface area contributed by atoms with E-state index >= 15 is 0 Å². The van der Waals surface area contributed by atoms with E-state index in [9.17, 15) is 13.2 Å². The van der Waals surface area contributed by atoms with E-state index in [4.69, 9.17) is 16.7 Å². The van der Waals surface area contributed by atoms with Crippen LogP contribution in [0.5, 0.6) is 0 Å². The van der Waals surface area contributed by atoms with Gasteiger partial charge in [0.1, 0.15) is 0 Å². The van der Waals surface area contributed by atoms with Gasteiger partial charge >= 0.3 is 0 Å². The van der Waals surface area contributed by atoms with E-state index in [1.54, 1.807) is 6.92 Å². The summed E-state index contributed by atoms with van der Waals surface area (Å²) in [6.07, 6.45) is 0.384. The fourth-order valence-electron chi connectivity index (χ4n) is 1.17. The molecule has 0 saturated carbocycles. The number of aldehydes is 1. The molecule has 2 N–H and O–H groups in total. The summed E-state index contributed by atoms with van der Waals surface area (Å²) in [5.74, 6) is 0. The summed E-state index contributed by atoms with van der Waals surface area (Å²) in [4.78, 5) is 10.4. The SMILES string of the molecule is Cc1ccc(Cl)c(C=O)c1S(N)(=O)=O. The van der Waals surface area contributed by atoms with Crippen molar-refractivity contribution in [2.75, 3.05) is 0 Å². The van der Waals surface area contributed by atoms with Gasteiger partial charge < -0.3 is 0 Å². The summed E-state index contributed by atoms with van der Waals surface area (Å²) >= 11 is 5.66. The van der Waals surface area contributed by atoms with Crippen LogP contribution in [0.4, 0.5) is 0 Å². The fraction of sp³-hybridized carbons (Fsp3) is 0.125. The Bertz CT molecular complexity index is 482. The van der Waals surface area contributed by atoms with Gasteiger partial charge in [-0.1, -0.05) is 17.7 Å². The Kier molecular flexibility index (Phi) is 2.94. The van der Waals surface area contributed by atoms with Crippen LogP contribution in [0.1, 0.15) is 15.9 Å². The highest BCUT2D eigenvalue weighted by atomic mass is 35.5. The standard InChI is InChI=1S/C8H8ClNO3S/c1-5-2-3-7(9)6(4-11)8(5)14(10,12)13/h2-4H,1H3,(H2,10,12,13). The molecule has 0 amide bonds. The third-order valence-corrected chi connectivity index (χ3v) is 3.18. The minimum absolute atomic E-state index is 0.0784. The molecule has 0 aliphatic heterocycles. The lowest BCUT2D eigenvalue weighted by molar-refractivity contribution is 0.112. The molecule has 0 spiro atoms. The van der Waals surface area contributed by atoms with Crippen molar-refractivity contribution in [1.82, 2.24) is 0 Å². The smallest absolute Gasteiger partial charge is 0.239 e. The van der Waals surface area contributed by atoms with Crippen LogP contribution in [-0.4, -0.2) is 14.7 Å². The minimum Gasteiger partial charge on any atom is -0.298 e. The van der Waals surface area contributed by atoms with Crippen molar-refractivity contribution in [2.24, 2.45) is 5.14 Å². The van der Waals surface area contributed by atoms with Crippen LogP contribution in [0.15, 0.2) is 17.0 Å². The Morgan fingerprint density at radius 1 is 1.43 bits per heavy atom. The molecule has 1 rings (SSSR count).